The lowest BCUT2D eigenvalue weighted by Gasteiger charge is -2.10. The van der Waals surface area contributed by atoms with Crippen molar-refractivity contribution >= 4 is 0 Å². The minimum atomic E-state index is -0.0917. The molecule has 0 saturated heterocycles. The van der Waals surface area contributed by atoms with E-state index in [9.17, 15) is 0 Å². The summed E-state index contributed by atoms with van der Waals surface area (Å²) in [5, 5.41) is 11.8. The second kappa shape index (κ2) is 12.4. The lowest BCUT2D eigenvalue weighted by molar-refractivity contribution is 0.0447. The normalized spacial score (nSPS) is 12.3. The Balaban J connectivity index is 3.16. The standard InChI is InChI=1S/C12H24N2O2/c1-3-5-7-15-9-10-16-8-6-12(11-13)14-4-2/h12,14H,3-10H2,1-2H3. The van der Waals surface area contributed by atoms with Gasteiger partial charge in [0, 0.05) is 13.2 Å². The third-order valence-corrected chi connectivity index (χ3v) is 2.17. The highest BCUT2D eigenvalue weighted by Crippen LogP contribution is 1.92. The van der Waals surface area contributed by atoms with E-state index in [4.69, 9.17) is 14.7 Å². The molecule has 0 aromatic rings. The topological polar surface area (TPSA) is 54.3 Å². The summed E-state index contributed by atoms with van der Waals surface area (Å²) in [4.78, 5) is 0. The van der Waals surface area contributed by atoms with Gasteiger partial charge in [-0.2, -0.15) is 5.26 Å². The van der Waals surface area contributed by atoms with Gasteiger partial charge in [0.1, 0.15) is 0 Å². The minimum Gasteiger partial charge on any atom is -0.379 e. The van der Waals surface area contributed by atoms with Crippen LogP contribution in [0.15, 0.2) is 0 Å². The first-order valence-electron chi connectivity index (χ1n) is 6.13. The van der Waals surface area contributed by atoms with Crippen LogP contribution in [0.4, 0.5) is 0 Å². The third-order valence-electron chi connectivity index (χ3n) is 2.17. The Kier molecular flexibility index (Phi) is 11.9. The van der Waals surface area contributed by atoms with E-state index in [1.165, 1.54) is 0 Å². The Bertz CT molecular complexity index is 180. The van der Waals surface area contributed by atoms with Crippen LogP contribution in [-0.2, 0) is 9.47 Å². The van der Waals surface area contributed by atoms with Gasteiger partial charge in [-0.1, -0.05) is 20.3 Å². The molecule has 0 aromatic heterocycles. The molecule has 0 radical (unpaired) electrons. The molecule has 0 spiro atoms. The third kappa shape index (κ3) is 9.91. The molecule has 1 unspecified atom stereocenters. The number of rotatable bonds is 11. The molecule has 1 N–H and O–H groups in total. The lowest BCUT2D eigenvalue weighted by Crippen LogP contribution is -2.28. The highest BCUT2D eigenvalue weighted by molar-refractivity contribution is 4.88. The van der Waals surface area contributed by atoms with Gasteiger partial charge in [-0.25, -0.2) is 0 Å². The van der Waals surface area contributed by atoms with E-state index in [2.05, 4.69) is 18.3 Å². The summed E-state index contributed by atoms with van der Waals surface area (Å²) >= 11 is 0. The molecular formula is C12H24N2O2. The first-order chi connectivity index (χ1) is 7.85. The van der Waals surface area contributed by atoms with E-state index >= 15 is 0 Å². The Morgan fingerprint density at radius 2 is 1.81 bits per heavy atom. The van der Waals surface area contributed by atoms with Gasteiger partial charge in [-0.05, 0) is 19.4 Å². The van der Waals surface area contributed by atoms with Crippen molar-refractivity contribution in [2.75, 3.05) is 33.0 Å². The van der Waals surface area contributed by atoms with Gasteiger partial charge in [0.05, 0.1) is 25.3 Å². The fourth-order valence-electron chi connectivity index (χ4n) is 1.23. The average molecular weight is 228 g/mol. The van der Waals surface area contributed by atoms with Crippen LogP contribution in [0.5, 0.6) is 0 Å². The number of nitriles is 1. The highest BCUT2D eigenvalue weighted by Gasteiger charge is 2.03. The van der Waals surface area contributed by atoms with Crippen molar-refractivity contribution in [3.8, 4) is 6.07 Å². The number of hydrogen-bond donors (Lipinski definition) is 1. The van der Waals surface area contributed by atoms with Crippen LogP contribution in [0.1, 0.15) is 33.1 Å². The molecule has 0 aliphatic rings. The quantitative estimate of drug-likeness (QED) is 0.547. The molecule has 4 heteroatoms. The largest absolute Gasteiger partial charge is 0.379 e. The fraction of sp³-hybridized carbons (Fsp3) is 0.917. The van der Waals surface area contributed by atoms with Crippen molar-refractivity contribution in [2.24, 2.45) is 0 Å². The monoisotopic (exact) mass is 228 g/mol. The Labute approximate surface area is 98.9 Å². The van der Waals surface area contributed by atoms with Crippen molar-refractivity contribution in [3.05, 3.63) is 0 Å². The van der Waals surface area contributed by atoms with Crippen LogP contribution < -0.4 is 5.32 Å². The zero-order valence-electron chi connectivity index (χ0n) is 10.5. The minimum absolute atomic E-state index is 0.0917. The van der Waals surface area contributed by atoms with E-state index in [1.807, 2.05) is 6.92 Å². The molecule has 94 valence electrons. The van der Waals surface area contributed by atoms with Crippen molar-refractivity contribution in [1.82, 2.24) is 5.32 Å². The molecule has 0 amide bonds. The fourth-order valence-corrected chi connectivity index (χ4v) is 1.23. The van der Waals surface area contributed by atoms with Crippen molar-refractivity contribution in [1.29, 1.82) is 5.26 Å². The lowest BCUT2D eigenvalue weighted by atomic mass is 10.2. The summed E-state index contributed by atoms with van der Waals surface area (Å²) in [6, 6.07) is 2.11. The van der Waals surface area contributed by atoms with Gasteiger partial charge in [-0.3, -0.25) is 0 Å². The van der Waals surface area contributed by atoms with Crippen LogP contribution >= 0.6 is 0 Å². The summed E-state index contributed by atoms with van der Waals surface area (Å²) in [6.07, 6.45) is 3.00. The Morgan fingerprint density at radius 1 is 1.12 bits per heavy atom. The van der Waals surface area contributed by atoms with Crippen LogP contribution in [0.2, 0.25) is 0 Å². The second-order valence-corrected chi connectivity index (χ2v) is 3.61. The van der Waals surface area contributed by atoms with E-state index in [-0.39, 0.29) is 6.04 Å². The number of ether oxygens (including phenoxy) is 2. The molecule has 0 aromatic carbocycles. The Morgan fingerprint density at radius 3 is 2.38 bits per heavy atom. The molecule has 0 heterocycles. The molecule has 0 rings (SSSR count). The predicted molar refractivity (Wildman–Crippen MR) is 64.2 cm³/mol. The summed E-state index contributed by atoms with van der Waals surface area (Å²) in [5.74, 6) is 0. The van der Waals surface area contributed by atoms with Gasteiger partial charge in [0.2, 0.25) is 0 Å². The highest BCUT2D eigenvalue weighted by atomic mass is 16.5. The number of nitrogens with zero attached hydrogens (tertiary/aromatic N) is 1. The van der Waals surface area contributed by atoms with Crippen molar-refractivity contribution in [2.45, 2.75) is 39.2 Å². The van der Waals surface area contributed by atoms with Crippen LogP contribution in [0.3, 0.4) is 0 Å². The van der Waals surface area contributed by atoms with Crippen molar-refractivity contribution in [3.63, 3.8) is 0 Å². The molecule has 4 nitrogen and oxygen atoms in total. The van der Waals surface area contributed by atoms with Gasteiger partial charge >= 0.3 is 0 Å². The summed E-state index contributed by atoms with van der Waals surface area (Å²) in [7, 11) is 0. The van der Waals surface area contributed by atoms with E-state index in [1.54, 1.807) is 0 Å². The van der Waals surface area contributed by atoms with E-state index < -0.39 is 0 Å². The maximum absolute atomic E-state index is 8.76. The smallest absolute Gasteiger partial charge is 0.0974 e. The summed E-state index contributed by atoms with van der Waals surface area (Å²) < 4.78 is 10.7. The number of nitrogens with one attached hydrogen (secondary N) is 1. The number of hydrogen-bond acceptors (Lipinski definition) is 4. The average Bonchev–Trinajstić information content (AvgIpc) is 2.31. The van der Waals surface area contributed by atoms with Crippen LogP contribution in [0.25, 0.3) is 0 Å². The SMILES string of the molecule is CCCCOCCOCCC(C#N)NCC. The number of unbranched alkanes of at least 4 members (excludes halogenated alkanes) is 1. The van der Waals surface area contributed by atoms with Crippen molar-refractivity contribution < 1.29 is 9.47 Å². The second-order valence-electron chi connectivity index (χ2n) is 3.61. The van der Waals surface area contributed by atoms with Gasteiger partial charge in [0.25, 0.3) is 0 Å². The molecule has 1 atom stereocenters. The molecule has 0 aliphatic carbocycles. The molecular weight excluding hydrogens is 204 g/mol. The van der Waals surface area contributed by atoms with Gasteiger partial charge in [0.15, 0.2) is 0 Å². The van der Waals surface area contributed by atoms with Crippen LogP contribution in [-0.4, -0.2) is 39.0 Å². The molecule has 0 aliphatic heterocycles. The zero-order valence-corrected chi connectivity index (χ0v) is 10.5. The van der Waals surface area contributed by atoms with E-state index in [0.717, 1.165) is 32.4 Å². The summed E-state index contributed by atoms with van der Waals surface area (Å²) in [5.41, 5.74) is 0. The predicted octanol–water partition coefficient (Wildman–Crippen LogP) is 1.71. The van der Waals surface area contributed by atoms with Crippen LogP contribution in [0, 0.1) is 11.3 Å². The maximum atomic E-state index is 8.76. The van der Waals surface area contributed by atoms with Gasteiger partial charge < -0.3 is 14.8 Å². The zero-order chi connectivity index (χ0) is 12.1. The first kappa shape index (κ1) is 15.4. The molecule has 0 fully saturated rings. The van der Waals surface area contributed by atoms with E-state index in [0.29, 0.717) is 19.8 Å². The Hall–Kier alpha value is -0.630. The maximum Gasteiger partial charge on any atom is 0.0974 e. The first-order valence-corrected chi connectivity index (χ1v) is 6.13. The molecule has 0 bridgehead atoms. The van der Waals surface area contributed by atoms with Gasteiger partial charge in [-0.15, -0.1) is 0 Å². The molecule has 16 heavy (non-hydrogen) atoms. The molecule has 0 saturated carbocycles. The summed E-state index contributed by atoms with van der Waals surface area (Å²) in [6.45, 7) is 7.65.